The molecule has 0 saturated carbocycles. The van der Waals surface area contributed by atoms with Gasteiger partial charge in [-0.1, -0.05) is 13.8 Å². The summed E-state index contributed by atoms with van der Waals surface area (Å²) in [6.45, 7) is 4.33. The van der Waals surface area contributed by atoms with Crippen molar-refractivity contribution in [3.63, 3.8) is 0 Å². The largest absolute Gasteiger partial charge is 0.366 e. The number of nitrogens with zero attached hydrogens (tertiary/aromatic N) is 4. The number of aromatic nitrogens is 2. The van der Waals surface area contributed by atoms with E-state index in [1.165, 1.54) is 19.3 Å². The van der Waals surface area contributed by atoms with E-state index < -0.39 is 28.1 Å². The molecule has 1 saturated heterocycles. The van der Waals surface area contributed by atoms with Crippen LogP contribution in [0.4, 0.5) is 14.5 Å². The summed E-state index contributed by atoms with van der Waals surface area (Å²) in [4.78, 5) is 14.1. The molecule has 11 heteroatoms. The van der Waals surface area contributed by atoms with Crippen molar-refractivity contribution in [3.05, 3.63) is 29.8 Å². The van der Waals surface area contributed by atoms with Crippen LogP contribution in [0.2, 0.25) is 0 Å². The molecule has 1 atom stereocenters. The van der Waals surface area contributed by atoms with Crippen LogP contribution >= 0.6 is 0 Å². The number of hydrogen-bond donors (Lipinski definition) is 1. The summed E-state index contributed by atoms with van der Waals surface area (Å²) in [7, 11) is -2.73. The molecule has 8 nitrogen and oxygen atoms in total. The number of amides is 1. The van der Waals surface area contributed by atoms with Crippen molar-refractivity contribution in [2.24, 2.45) is 5.92 Å². The van der Waals surface area contributed by atoms with Gasteiger partial charge >= 0.3 is 10.2 Å². The molecule has 1 amide bonds. The third-order valence-corrected chi connectivity index (χ3v) is 5.99. The van der Waals surface area contributed by atoms with Crippen molar-refractivity contribution in [1.82, 2.24) is 18.6 Å². The first-order valence-corrected chi connectivity index (χ1v) is 10.4. The number of halogens is 2. The molecule has 3 heterocycles. The Morgan fingerprint density at radius 3 is 2.79 bits per heavy atom. The van der Waals surface area contributed by atoms with Crippen LogP contribution in [0.15, 0.2) is 18.5 Å². The third kappa shape index (κ3) is 3.95. The van der Waals surface area contributed by atoms with Crippen LogP contribution in [0.25, 0.3) is 5.52 Å². The van der Waals surface area contributed by atoms with Gasteiger partial charge in [-0.05, 0) is 18.4 Å². The lowest BCUT2D eigenvalue weighted by Gasteiger charge is -2.20. The molecule has 3 rings (SSSR count). The van der Waals surface area contributed by atoms with Crippen molar-refractivity contribution in [2.75, 3.05) is 31.6 Å². The fraction of sp³-hybridized carbons (Fsp3) is 0.529. The molecule has 0 bridgehead atoms. The molecule has 2 aromatic heterocycles. The van der Waals surface area contributed by atoms with Gasteiger partial charge in [0.1, 0.15) is 11.7 Å². The van der Waals surface area contributed by atoms with Gasteiger partial charge in [-0.2, -0.15) is 17.8 Å². The number of alkyl halides is 1. The number of hydrogen-bond acceptors (Lipinski definition) is 5. The van der Waals surface area contributed by atoms with Crippen molar-refractivity contribution in [2.45, 2.75) is 26.4 Å². The van der Waals surface area contributed by atoms with Crippen LogP contribution < -0.4 is 9.62 Å². The van der Waals surface area contributed by atoms with Gasteiger partial charge in [0, 0.05) is 32.9 Å². The van der Waals surface area contributed by atoms with Gasteiger partial charge in [0.05, 0.1) is 17.4 Å². The predicted octanol–water partition coefficient (Wildman–Crippen LogP) is 1.58. The molecule has 1 aliphatic heterocycles. The maximum Gasteiger partial charge on any atom is 0.303 e. The lowest BCUT2D eigenvalue weighted by molar-refractivity contribution is 0.0980. The summed E-state index contributed by atoms with van der Waals surface area (Å²) >= 11 is 0. The van der Waals surface area contributed by atoms with E-state index in [9.17, 15) is 17.6 Å². The van der Waals surface area contributed by atoms with E-state index in [1.807, 2.05) is 18.6 Å². The Kier molecular flexibility index (Phi) is 5.57. The quantitative estimate of drug-likeness (QED) is 0.774. The number of rotatable bonds is 6. The van der Waals surface area contributed by atoms with Crippen molar-refractivity contribution >= 4 is 27.3 Å². The van der Waals surface area contributed by atoms with E-state index in [0.29, 0.717) is 13.0 Å². The number of nitrogens with one attached hydrogen (secondary N) is 1. The van der Waals surface area contributed by atoms with Crippen LogP contribution in [0.5, 0.6) is 0 Å². The first-order valence-electron chi connectivity index (χ1n) is 8.93. The van der Waals surface area contributed by atoms with E-state index in [2.05, 4.69) is 5.10 Å². The maximum atomic E-state index is 15.1. The van der Waals surface area contributed by atoms with Crippen LogP contribution in [-0.4, -0.2) is 61.1 Å². The molecule has 1 N–H and O–H groups in total. The first kappa shape index (κ1) is 20.5. The second-order valence-electron chi connectivity index (χ2n) is 7.31. The highest BCUT2D eigenvalue weighted by atomic mass is 32.2. The standard InChI is InChI=1S/C17H23F2N5O3S/c1-11(2)9-22(3)28(26,27)21-17(25)13-8-20-24-7-5-14(15(19)16(13)24)23-6-4-12(18)10-23/h5,7-8,11-12H,4,6,9-10H2,1-3H3,(H,21,25)/t12-/m0/s1. The predicted molar refractivity (Wildman–Crippen MR) is 101 cm³/mol. The second kappa shape index (κ2) is 7.63. The molecule has 28 heavy (non-hydrogen) atoms. The van der Waals surface area contributed by atoms with Gasteiger partial charge in [0.2, 0.25) is 0 Å². The molecular formula is C17H23F2N5O3S. The Hall–Kier alpha value is -2.27. The molecule has 154 valence electrons. The number of pyridine rings is 1. The molecular weight excluding hydrogens is 392 g/mol. The van der Waals surface area contributed by atoms with E-state index in [4.69, 9.17) is 0 Å². The monoisotopic (exact) mass is 415 g/mol. The summed E-state index contributed by atoms with van der Waals surface area (Å²) in [5.74, 6) is -1.66. The summed E-state index contributed by atoms with van der Waals surface area (Å²) in [6, 6.07) is 1.46. The smallest absolute Gasteiger partial charge is 0.303 e. The van der Waals surface area contributed by atoms with Gasteiger partial charge in [-0.15, -0.1) is 0 Å². The number of anilines is 1. The van der Waals surface area contributed by atoms with Crippen LogP contribution in [0.1, 0.15) is 30.6 Å². The van der Waals surface area contributed by atoms with Crippen molar-refractivity contribution in [1.29, 1.82) is 0 Å². The van der Waals surface area contributed by atoms with Gasteiger partial charge < -0.3 is 4.90 Å². The Morgan fingerprint density at radius 1 is 1.46 bits per heavy atom. The normalized spacial score (nSPS) is 17.8. The average Bonchev–Trinajstić information content (AvgIpc) is 3.21. The van der Waals surface area contributed by atoms with E-state index in [1.54, 1.807) is 4.90 Å². The molecule has 1 fully saturated rings. The fourth-order valence-corrected chi connectivity index (χ4v) is 4.23. The summed E-state index contributed by atoms with van der Waals surface area (Å²) in [5.41, 5.74) is -0.210. The van der Waals surface area contributed by atoms with Crippen LogP contribution in [0, 0.1) is 11.7 Å². The lowest BCUT2D eigenvalue weighted by atomic mass is 10.2. The zero-order valence-electron chi connectivity index (χ0n) is 15.9. The minimum absolute atomic E-state index is 0.0634. The van der Waals surface area contributed by atoms with Crippen molar-refractivity contribution < 1.29 is 22.0 Å². The van der Waals surface area contributed by atoms with Gasteiger partial charge in [0.15, 0.2) is 5.82 Å². The number of fused-ring (bicyclic) bond motifs is 1. The molecule has 0 radical (unpaired) electrons. The summed E-state index contributed by atoms with van der Waals surface area (Å²) in [5, 5.41) is 3.92. The zero-order valence-corrected chi connectivity index (χ0v) is 16.7. The Bertz CT molecular complexity index is 992. The van der Waals surface area contributed by atoms with Crippen molar-refractivity contribution in [3.8, 4) is 0 Å². The molecule has 1 aliphatic rings. The molecule has 0 aliphatic carbocycles. The topological polar surface area (TPSA) is 87.0 Å². The Balaban J connectivity index is 1.92. The minimum Gasteiger partial charge on any atom is -0.366 e. The lowest BCUT2D eigenvalue weighted by Crippen LogP contribution is -2.42. The van der Waals surface area contributed by atoms with Gasteiger partial charge in [-0.3, -0.25) is 4.79 Å². The average molecular weight is 415 g/mol. The second-order valence-corrected chi connectivity index (χ2v) is 9.09. The highest BCUT2D eigenvalue weighted by molar-refractivity contribution is 7.87. The molecule has 0 unspecified atom stereocenters. The first-order chi connectivity index (χ1) is 13.1. The number of carbonyl (C=O) groups excluding carboxylic acids is 1. The molecule has 0 aromatic carbocycles. The van der Waals surface area contributed by atoms with Crippen LogP contribution in [0.3, 0.4) is 0 Å². The minimum atomic E-state index is -4.08. The van der Waals surface area contributed by atoms with E-state index >= 15 is 4.39 Å². The highest BCUT2D eigenvalue weighted by Gasteiger charge is 2.28. The zero-order chi connectivity index (χ0) is 20.6. The Morgan fingerprint density at radius 2 is 2.18 bits per heavy atom. The highest BCUT2D eigenvalue weighted by Crippen LogP contribution is 2.28. The van der Waals surface area contributed by atoms with Gasteiger partial charge in [0.25, 0.3) is 5.91 Å². The molecule has 0 spiro atoms. The fourth-order valence-electron chi connectivity index (χ4n) is 3.24. The summed E-state index contributed by atoms with van der Waals surface area (Å²) in [6.07, 6.45) is 1.83. The van der Waals surface area contributed by atoms with E-state index in [-0.39, 0.29) is 35.8 Å². The molecule has 2 aromatic rings. The van der Waals surface area contributed by atoms with Crippen LogP contribution in [-0.2, 0) is 10.2 Å². The van der Waals surface area contributed by atoms with Gasteiger partial charge in [-0.25, -0.2) is 18.0 Å². The third-order valence-electron chi connectivity index (χ3n) is 4.57. The summed E-state index contributed by atoms with van der Waals surface area (Å²) < 4.78 is 57.4. The maximum absolute atomic E-state index is 15.1. The van der Waals surface area contributed by atoms with E-state index in [0.717, 1.165) is 15.0 Å². The number of carbonyl (C=O) groups is 1. The Labute approximate surface area is 162 Å². The SMILES string of the molecule is CC(C)CN(C)S(=O)(=O)NC(=O)c1cnn2ccc(N3CC[C@H](F)C3)c(F)c12.